The van der Waals surface area contributed by atoms with E-state index >= 15 is 0 Å². The van der Waals surface area contributed by atoms with Gasteiger partial charge < -0.3 is 29.7 Å². The number of hydrogen-bond donors (Lipinski definition) is 2. The van der Waals surface area contributed by atoms with Crippen LogP contribution in [-0.2, 0) is 28.7 Å². The van der Waals surface area contributed by atoms with E-state index in [1.165, 1.54) is 4.90 Å². The fourth-order valence-corrected chi connectivity index (χ4v) is 6.25. The predicted octanol–water partition coefficient (Wildman–Crippen LogP) is 0.487. The lowest BCUT2D eigenvalue weighted by molar-refractivity contribution is -0.158. The molecule has 3 amide bonds. The van der Waals surface area contributed by atoms with Crippen LogP contribution in [0.3, 0.4) is 0 Å². The van der Waals surface area contributed by atoms with Gasteiger partial charge >= 0.3 is 5.97 Å². The molecule has 35 heavy (non-hydrogen) atoms. The maximum atomic E-state index is 14.0. The predicted molar refractivity (Wildman–Crippen MR) is 128 cm³/mol. The van der Waals surface area contributed by atoms with Crippen molar-refractivity contribution in [3.8, 4) is 0 Å². The van der Waals surface area contributed by atoms with Crippen molar-refractivity contribution in [2.45, 2.75) is 63.5 Å². The fraction of sp³-hybridized carbons (Fsp3) is 0.667. The minimum absolute atomic E-state index is 0.0566. The Morgan fingerprint density at radius 1 is 1.23 bits per heavy atom. The lowest BCUT2D eigenvalue weighted by Gasteiger charge is -2.37. The number of nitrogens with one attached hydrogen (secondary N) is 1. The molecule has 4 heterocycles. The third-order valence-corrected chi connectivity index (χ3v) is 7.77. The van der Waals surface area contributed by atoms with Crippen molar-refractivity contribution in [1.29, 1.82) is 0 Å². The van der Waals surface area contributed by atoms with E-state index in [1.807, 2.05) is 26.0 Å². The van der Waals surface area contributed by atoms with Gasteiger partial charge in [0.25, 0.3) is 0 Å². The molecule has 0 aromatic heterocycles. The molecule has 4 aliphatic heterocycles. The number of halogens is 1. The number of fused-ring (bicyclic) bond motifs is 2. The van der Waals surface area contributed by atoms with Gasteiger partial charge in [0.1, 0.15) is 29.8 Å². The molecule has 0 saturated carbocycles. The molecular formula is C24H32BrN3O7. The lowest BCUT2D eigenvalue weighted by atomic mass is 9.74. The van der Waals surface area contributed by atoms with Crippen LogP contribution in [0.25, 0.3) is 0 Å². The van der Waals surface area contributed by atoms with Gasteiger partial charge in [-0.25, -0.2) is 0 Å². The van der Waals surface area contributed by atoms with Crippen LogP contribution in [0, 0.1) is 11.8 Å². The Bertz CT molecular complexity index is 967. The number of nitrogens with zero attached hydrogens (tertiary/aromatic N) is 2. The average Bonchev–Trinajstić information content (AvgIpc) is 3.37. The first-order valence-electron chi connectivity index (χ1n) is 12.0. The van der Waals surface area contributed by atoms with Crippen molar-refractivity contribution in [3.63, 3.8) is 0 Å². The number of cyclic esters (lactones) is 1. The molecule has 1 spiro atoms. The summed E-state index contributed by atoms with van der Waals surface area (Å²) in [4.78, 5) is 56.1. The molecular weight excluding hydrogens is 522 g/mol. The van der Waals surface area contributed by atoms with Crippen molar-refractivity contribution in [2.75, 3.05) is 26.2 Å². The minimum atomic E-state index is -1.35. The number of likely N-dealkylation sites (tertiary alicyclic amines) is 1. The second-order valence-electron chi connectivity index (χ2n) is 9.73. The van der Waals surface area contributed by atoms with Crippen LogP contribution < -0.4 is 5.32 Å². The van der Waals surface area contributed by atoms with Gasteiger partial charge in [-0.2, -0.15) is 0 Å². The van der Waals surface area contributed by atoms with E-state index in [9.17, 15) is 24.3 Å². The molecule has 0 radical (unpaired) electrons. The zero-order valence-corrected chi connectivity index (χ0v) is 21.7. The van der Waals surface area contributed by atoms with E-state index in [0.29, 0.717) is 10.9 Å². The smallest absolute Gasteiger partial charge is 0.313 e. The Balaban J connectivity index is 1.78. The summed E-state index contributed by atoms with van der Waals surface area (Å²) < 4.78 is 12.5. The number of β-amino-alcohol motifs (C(OH)–C–C–N with tert-alkyl or cyclic N) is 1. The monoisotopic (exact) mass is 553 g/mol. The highest BCUT2D eigenvalue weighted by Gasteiger charge is 2.74. The molecule has 0 aliphatic carbocycles. The number of allylic oxidation sites excluding steroid dienone is 1. The van der Waals surface area contributed by atoms with Crippen molar-refractivity contribution in [2.24, 2.45) is 11.8 Å². The van der Waals surface area contributed by atoms with Crippen molar-refractivity contribution in [1.82, 2.24) is 15.1 Å². The Hall–Kier alpha value is -2.24. The summed E-state index contributed by atoms with van der Waals surface area (Å²) in [7, 11) is 0. The SMILES string of the molecule is CC(C)N1C/C=C\CCC(=O)NC[C@@H](C)OC(=O)[C@@H]2[C@H]3O[C@@]4(C=C3Br)[C@H](C1=O)N(CCO)C(=O)[C@@H]24. The Morgan fingerprint density at radius 2 is 1.97 bits per heavy atom. The largest absolute Gasteiger partial charge is 0.460 e. The fourth-order valence-electron chi connectivity index (χ4n) is 5.51. The van der Waals surface area contributed by atoms with Gasteiger partial charge in [0, 0.05) is 30.0 Å². The maximum Gasteiger partial charge on any atom is 0.313 e. The van der Waals surface area contributed by atoms with E-state index in [1.54, 1.807) is 17.9 Å². The molecule has 2 fully saturated rings. The summed E-state index contributed by atoms with van der Waals surface area (Å²) in [5.41, 5.74) is -1.35. The highest BCUT2D eigenvalue weighted by molar-refractivity contribution is 9.11. The normalized spacial score (nSPS) is 36.9. The number of hydrogen-bond acceptors (Lipinski definition) is 7. The van der Waals surface area contributed by atoms with Crippen molar-refractivity contribution in [3.05, 3.63) is 22.7 Å². The van der Waals surface area contributed by atoms with E-state index in [2.05, 4.69) is 21.2 Å². The van der Waals surface area contributed by atoms with Crippen LogP contribution in [0.4, 0.5) is 0 Å². The third kappa shape index (κ3) is 4.42. The van der Waals surface area contributed by atoms with Crippen LogP contribution >= 0.6 is 15.9 Å². The van der Waals surface area contributed by atoms with Crippen molar-refractivity contribution < 1.29 is 33.8 Å². The number of ether oxygens (including phenoxy) is 2. The Labute approximate surface area is 212 Å². The summed E-state index contributed by atoms with van der Waals surface area (Å²) in [6, 6.07) is -1.22. The van der Waals surface area contributed by atoms with Gasteiger partial charge in [-0.15, -0.1) is 0 Å². The van der Waals surface area contributed by atoms with Gasteiger partial charge in [-0.1, -0.05) is 28.1 Å². The topological polar surface area (TPSA) is 125 Å². The third-order valence-electron chi connectivity index (χ3n) is 7.09. The number of aliphatic hydroxyl groups is 1. The maximum absolute atomic E-state index is 14.0. The first kappa shape index (κ1) is 25.8. The molecule has 6 atom stereocenters. The molecule has 0 aromatic rings. The zero-order valence-electron chi connectivity index (χ0n) is 20.1. The van der Waals surface area contributed by atoms with E-state index in [4.69, 9.17) is 9.47 Å². The number of aliphatic hydroxyl groups excluding tert-OH is 1. The average molecular weight is 554 g/mol. The first-order valence-corrected chi connectivity index (χ1v) is 12.8. The molecule has 0 aromatic carbocycles. The second-order valence-corrected chi connectivity index (χ2v) is 10.6. The van der Waals surface area contributed by atoms with Gasteiger partial charge in [0.15, 0.2) is 0 Å². The highest BCUT2D eigenvalue weighted by Crippen LogP contribution is 2.58. The number of carbonyl (C=O) groups excluding carboxylic acids is 4. The van der Waals surface area contributed by atoms with E-state index < -0.39 is 47.6 Å². The van der Waals surface area contributed by atoms with Crippen LogP contribution in [0.15, 0.2) is 22.7 Å². The summed E-state index contributed by atoms with van der Waals surface area (Å²) in [5.74, 6) is -3.44. The second kappa shape index (κ2) is 10.0. The summed E-state index contributed by atoms with van der Waals surface area (Å²) >= 11 is 3.48. The van der Waals surface area contributed by atoms with Crippen LogP contribution in [0.2, 0.25) is 0 Å². The zero-order chi connectivity index (χ0) is 25.5. The van der Waals surface area contributed by atoms with Gasteiger partial charge in [-0.3, -0.25) is 19.2 Å². The van der Waals surface area contributed by atoms with Gasteiger partial charge in [0.05, 0.1) is 19.1 Å². The number of amides is 3. The quantitative estimate of drug-likeness (QED) is 0.384. The van der Waals surface area contributed by atoms with Crippen LogP contribution in [-0.4, -0.2) is 94.7 Å². The van der Waals surface area contributed by atoms with Gasteiger partial charge in [-0.05, 0) is 33.3 Å². The highest BCUT2D eigenvalue weighted by atomic mass is 79.9. The van der Waals surface area contributed by atoms with E-state index in [-0.39, 0.29) is 50.5 Å². The molecule has 2 N–H and O–H groups in total. The standard InChI is InChI=1S/C24H32BrN3O7/c1-13(2)27-8-6-4-5-7-16(30)26-12-14(3)34-23(33)17-18-21(31)28(9-10-29)20(22(27)32)24(18)11-15(25)19(17)35-24/h4,6,11,13-14,17-20,29H,5,7-10,12H2,1-3H3,(H,26,30)/b6-4-/t14-,17+,18-,19+,20+,24-/m1/s1. The Kier molecular flexibility index (Phi) is 7.40. The summed E-state index contributed by atoms with van der Waals surface area (Å²) in [6.07, 6.45) is 4.81. The molecule has 192 valence electrons. The van der Waals surface area contributed by atoms with Crippen LogP contribution in [0.5, 0.6) is 0 Å². The molecule has 5 bridgehead atoms. The van der Waals surface area contributed by atoms with Crippen LogP contribution in [0.1, 0.15) is 33.6 Å². The van der Waals surface area contributed by atoms with Gasteiger partial charge in [0.2, 0.25) is 17.7 Å². The summed E-state index contributed by atoms with van der Waals surface area (Å²) in [6.45, 7) is 5.47. The summed E-state index contributed by atoms with van der Waals surface area (Å²) in [5, 5.41) is 12.5. The number of carbonyl (C=O) groups is 4. The molecule has 0 unspecified atom stereocenters. The molecule has 10 nitrogen and oxygen atoms in total. The van der Waals surface area contributed by atoms with E-state index in [0.717, 1.165) is 0 Å². The minimum Gasteiger partial charge on any atom is -0.460 e. The lowest BCUT2D eigenvalue weighted by Crippen LogP contribution is -2.57. The molecule has 2 saturated heterocycles. The van der Waals surface area contributed by atoms with Crippen molar-refractivity contribution >= 4 is 39.6 Å². The first-order chi connectivity index (χ1) is 16.6. The number of esters is 1. The molecule has 4 aliphatic rings. The molecule has 4 rings (SSSR count). The number of rotatable bonds is 3. The Morgan fingerprint density at radius 3 is 2.66 bits per heavy atom. The molecule has 11 heteroatoms.